The fourth-order valence-corrected chi connectivity index (χ4v) is 4.15. The lowest BCUT2D eigenvalue weighted by atomic mass is 9.95. The van der Waals surface area contributed by atoms with Crippen LogP contribution in [0.25, 0.3) is 0 Å². The number of benzene rings is 1. The number of nitrogens with one attached hydrogen (secondary N) is 1. The fraction of sp³-hybridized carbons (Fsp3) is 0.545. The fourth-order valence-electron chi connectivity index (χ4n) is 3.15. The maximum atomic E-state index is 12.9. The molecule has 0 saturated heterocycles. The van der Waals surface area contributed by atoms with E-state index in [1.165, 1.54) is 37.4 Å². The van der Waals surface area contributed by atoms with Gasteiger partial charge in [-0.2, -0.15) is 0 Å². The summed E-state index contributed by atoms with van der Waals surface area (Å²) in [7, 11) is 0. The molecule has 2 aliphatic carbocycles. The molecular formula is C22H28N4O2S. The van der Waals surface area contributed by atoms with Crippen molar-refractivity contribution in [3.05, 3.63) is 35.7 Å². The van der Waals surface area contributed by atoms with Crippen molar-refractivity contribution in [3.63, 3.8) is 0 Å². The Labute approximate surface area is 175 Å². The Kier molecular flexibility index (Phi) is 5.27. The Hall–Kier alpha value is -2.15. The molecule has 1 heterocycles. The Bertz CT molecular complexity index is 921. The van der Waals surface area contributed by atoms with Crippen LogP contribution in [-0.4, -0.2) is 31.7 Å². The summed E-state index contributed by atoms with van der Waals surface area (Å²) in [6.45, 7) is 7.53. The van der Waals surface area contributed by atoms with Crippen LogP contribution in [0.1, 0.15) is 81.5 Å². The molecule has 2 saturated carbocycles. The summed E-state index contributed by atoms with van der Waals surface area (Å²) in [5, 5.41) is 12.3. The second kappa shape index (κ2) is 7.59. The first-order valence-corrected chi connectivity index (χ1v) is 11.2. The van der Waals surface area contributed by atoms with Crippen LogP contribution >= 0.6 is 11.8 Å². The predicted octanol–water partition coefficient (Wildman–Crippen LogP) is 4.84. The van der Waals surface area contributed by atoms with Gasteiger partial charge >= 0.3 is 0 Å². The van der Waals surface area contributed by atoms with Crippen molar-refractivity contribution in [2.45, 2.75) is 75.7 Å². The third kappa shape index (κ3) is 4.55. The first-order chi connectivity index (χ1) is 13.7. The van der Waals surface area contributed by atoms with Crippen molar-refractivity contribution in [1.82, 2.24) is 14.8 Å². The van der Waals surface area contributed by atoms with E-state index in [0.717, 1.165) is 11.0 Å². The molecule has 1 N–H and O–H groups in total. The van der Waals surface area contributed by atoms with E-state index in [-0.39, 0.29) is 16.9 Å². The van der Waals surface area contributed by atoms with Gasteiger partial charge in [0.2, 0.25) is 5.91 Å². The number of anilines is 1. The number of thioether (sulfide) groups is 1. The third-order valence-electron chi connectivity index (χ3n) is 5.31. The van der Waals surface area contributed by atoms with Gasteiger partial charge in [-0.05, 0) is 56.9 Å². The molecule has 1 atom stereocenters. The third-order valence-corrected chi connectivity index (χ3v) is 6.36. The number of nitrogens with zero attached hydrogens (tertiary/aromatic N) is 3. The lowest BCUT2D eigenvalue weighted by molar-refractivity contribution is -0.123. The standard InChI is InChI=1S/C22H28N4O2S/c1-13(29-21-25-24-19(15-5-6-15)26(21)17-11-12-17)18(27)14-7-9-16(10-8-14)23-20(28)22(2,3)4/h7-10,13,15,17H,5-6,11-12H2,1-4H3,(H,23,28). The number of Topliss-reactive ketones (excluding diaryl/α,β-unsaturated/α-hetero) is 1. The first kappa shape index (κ1) is 20.1. The minimum absolute atomic E-state index is 0.0496. The zero-order chi connectivity index (χ0) is 20.8. The Morgan fingerprint density at radius 1 is 1.10 bits per heavy atom. The summed E-state index contributed by atoms with van der Waals surface area (Å²) in [5.41, 5.74) is 0.874. The average Bonchev–Trinajstić information content (AvgIpc) is 3.60. The molecule has 0 bridgehead atoms. The van der Waals surface area contributed by atoms with Crippen LogP contribution in [0.2, 0.25) is 0 Å². The van der Waals surface area contributed by atoms with E-state index in [2.05, 4.69) is 20.1 Å². The van der Waals surface area contributed by atoms with Crippen LogP contribution in [0.15, 0.2) is 29.4 Å². The van der Waals surface area contributed by atoms with Gasteiger partial charge in [0.25, 0.3) is 0 Å². The van der Waals surface area contributed by atoms with E-state index < -0.39 is 5.41 Å². The predicted molar refractivity (Wildman–Crippen MR) is 114 cm³/mol. The molecule has 6 nitrogen and oxygen atoms in total. The second-order valence-electron chi connectivity index (χ2n) is 9.12. The van der Waals surface area contributed by atoms with Gasteiger partial charge < -0.3 is 9.88 Å². The Balaban J connectivity index is 1.43. The van der Waals surface area contributed by atoms with Crippen LogP contribution < -0.4 is 5.32 Å². The van der Waals surface area contributed by atoms with Crippen LogP contribution in [0.3, 0.4) is 0 Å². The molecule has 2 aromatic rings. The Morgan fingerprint density at radius 3 is 2.31 bits per heavy atom. The summed E-state index contributed by atoms with van der Waals surface area (Å²) < 4.78 is 2.28. The highest BCUT2D eigenvalue weighted by molar-refractivity contribution is 8.00. The van der Waals surface area contributed by atoms with Gasteiger partial charge in [-0.3, -0.25) is 9.59 Å². The largest absolute Gasteiger partial charge is 0.326 e. The normalized spacial score (nSPS) is 17.8. The first-order valence-electron chi connectivity index (χ1n) is 10.3. The molecule has 4 rings (SSSR count). The molecule has 0 aliphatic heterocycles. The lowest BCUT2D eigenvalue weighted by Gasteiger charge is -2.18. The van der Waals surface area contributed by atoms with Gasteiger partial charge in [-0.1, -0.05) is 32.5 Å². The van der Waals surface area contributed by atoms with Crippen molar-refractivity contribution >= 4 is 29.1 Å². The van der Waals surface area contributed by atoms with E-state index in [0.29, 0.717) is 23.2 Å². The van der Waals surface area contributed by atoms with Gasteiger partial charge in [-0.25, -0.2) is 0 Å². The van der Waals surface area contributed by atoms with Gasteiger partial charge in [-0.15, -0.1) is 10.2 Å². The van der Waals surface area contributed by atoms with Crippen LogP contribution in [-0.2, 0) is 4.79 Å². The number of hydrogen-bond acceptors (Lipinski definition) is 5. The van der Waals surface area contributed by atoms with Crippen LogP contribution in [0.4, 0.5) is 5.69 Å². The molecule has 29 heavy (non-hydrogen) atoms. The summed E-state index contributed by atoms with van der Waals surface area (Å²) in [4.78, 5) is 25.0. The molecule has 0 spiro atoms. The van der Waals surface area contributed by atoms with Crippen molar-refractivity contribution in [2.24, 2.45) is 5.41 Å². The van der Waals surface area contributed by atoms with Gasteiger partial charge in [0.1, 0.15) is 5.82 Å². The maximum absolute atomic E-state index is 12.9. The summed E-state index contributed by atoms with van der Waals surface area (Å²) in [6, 6.07) is 7.63. The molecule has 0 radical (unpaired) electrons. The number of hydrogen-bond donors (Lipinski definition) is 1. The van der Waals surface area contributed by atoms with Crippen molar-refractivity contribution in [2.75, 3.05) is 5.32 Å². The molecule has 1 amide bonds. The molecule has 1 unspecified atom stereocenters. The van der Waals surface area contributed by atoms with E-state index in [9.17, 15) is 9.59 Å². The molecule has 7 heteroatoms. The molecular weight excluding hydrogens is 384 g/mol. The summed E-state index contributed by atoms with van der Waals surface area (Å²) in [5.74, 6) is 1.67. The van der Waals surface area contributed by atoms with Crippen LogP contribution in [0, 0.1) is 5.41 Å². The topological polar surface area (TPSA) is 76.9 Å². The zero-order valence-corrected chi connectivity index (χ0v) is 18.3. The smallest absolute Gasteiger partial charge is 0.229 e. The number of amides is 1. The van der Waals surface area contributed by atoms with Gasteiger partial charge in [0.15, 0.2) is 10.9 Å². The summed E-state index contributed by atoms with van der Waals surface area (Å²) in [6.07, 6.45) is 4.75. The minimum Gasteiger partial charge on any atom is -0.326 e. The van der Waals surface area contributed by atoms with E-state index in [1.807, 2.05) is 27.7 Å². The number of carbonyl (C=O) groups excluding carboxylic acids is 2. The van der Waals surface area contributed by atoms with E-state index >= 15 is 0 Å². The summed E-state index contributed by atoms with van der Waals surface area (Å²) >= 11 is 1.50. The molecule has 1 aromatic carbocycles. The van der Waals surface area contributed by atoms with Crippen LogP contribution in [0.5, 0.6) is 0 Å². The zero-order valence-electron chi connectivity index (χ0n) is 17.4. The van der Waals surface area contributed by atoms with Crippen molar-refractivity contribution in [1.29, 1.82) is 0 Å². The van der Waals surface area contributed by atoms with E-state index in [4.69, 9.17) is 0 Å². The average molecular weight is 413 g/mol. The number of aromatic nitrogens is 3. The van der Waals surface area contributed by atoms with Gasteiger partial charge in [0, 0.05) is 28.6 Å². The highest BCUT2D eigenvalue weighted by Crippen LogP contribution is 2.46. The second-order valence-corrected chi connectivity index (χ2v) is 10.4. The molecule has 2 aliphatic rings. The highest BCUT2D eigenvalue weighted by Gasteiger charge is 2.37. The highest BCUT2D eigenvalue weighted by atomic mass is 32.2. The van der Waals surface area contributed by atoms with Crippen molar-refractivity contribution in [3.8, 4) is 0 Å². The Morgan fingerprint density at radius 2 is 1.76 bits per heavy atom. The molecule has 154 valence electrons. The number of rotatable bonds is 7. The SMILES string of the molecule is CC(Sc1nnc(C2CC2)n1C1CC1)C(=O)c1ccc(NC(=O)C(C)(C)C)cc1. The molecule has 1 aromatic heterocycles. The maximum Gasteiger partial charge on any atom is 0.229 e. The number of carbonyl (C=O) groups is 2. The molecule has 2 fully saturated rings. The number of ketones is 1. The lowest BCUT2D eigenvalue weighted by Crippen LogP contribution is -2.27. The van der Waals surface area contributed by atoms with Crippen molar-refractivity contribution < 1.29 is 9.59 Å². The monoisotopic (exact) mass is 412 g/mol. The van der Waals surface area contributed by atoms with Gasteiger partial charge in [0.05, 0.1) is 5.25 Å². The quantitative estimate of drug-likeness (QED) is 0.520. The van der Waals surface area contributed by atoms with E-state index in [1.54, 1.807) is 24.3 Å². The minimum atomic E-state index is -0.462.